The van der Waals surface area contributed by atoms with Gasteiger partial charge in [-0.05, 0) is 37.5 Å². The zero-order chi connectivity index (χ0) is 16.8. The van der Waals surface area contributed by atoms with E-state index in [-0.39, 0.29) is 5.91 Å². The zero-order valence-corrected chi connectivity index (χ0v) is 13.6. The number of carbonyl (C=O) groups excluding carboxylic acids is 1. The number of aliphatic carboxylic acids is 1. The number of carboxylic acid groups (broad SMARTS) is 1. The SMILES string of the molecule is CCOc1cc(C(=O)N2CCC(CC)C2)ccc1OCC(=O)O. The van der Waals surface area contributed by atoms with Crippen molar-refractivity contribution in [1.82, 2.24) is 4.90 Å². The second-order valence-corrected chi connectivity index (χ2v) is 5.59. The second kappa shape index (κ2) is 7.85. The van der Waals surface area contributed by atoms with Crippen molar-refractivity contribution < 1.29 is 24.2 Å². The molecule has 1 aromatic carbocycles. The molecule has 6 heteroatoms. The topological polar surface area (TPSA) is 76.1 Å². The molecule has 1 aromatic rings. The zero-order valence-electron chi connectivity index (χ0n) is 13.6. The fraction of sp³-hybridized carbons (Fsp3) is 0.529. The minimum atomic E-state index is -1.06. The van der Waals surface area contributed by atoms with E-state index in [0.29, 0.717) is 29.6 Å². The van der Waals surface area contributed by atoms with Crippen LogP contribution in [0.3, 0.4) is 0 Å². The number of hydrogen-bond donors (Lipinski definition) is 1. The van der Waals surface area contributed by atoms with Gasteiger partial charge >= 0.3 is 5.97 Å². The van der Waals surface area contributed by atoms with Crippen molar-refractivity contribution in [2.45, 2.75) is 26.7 Å². The quantitative estimate of drug-likeness (QED) is 0.834. The Labute approximate surface area is 136 Å². The Morgan fingerprint density at radius 1 is 1.26 bits per heavy atom. The van der Waals surface area contributed by atoms with Gasteiger partial charge in [-0.3, -0.25) is 4.79 Å². The predicted molar refractivity (Wildman–Crippen MR) is 85.0 cm³/mol. The lowest BCUT2D eigenvalue weighted by molar-refractivity contribution is -0.139. The van der Waals surface area contributed by atoms with Crippen LogP contribution in [0.15, 0.2) is 18.2 Å². The van der Waals surface area contributed by atoms with Gasteiger partial charge in [-0.2, -0.15) is 0 Å². The summed E-state index contributed by atoms with van der Waals surface area (Å²) in [6.45, 7) is 5.48. The third kappa shape index (κ3) is 4.37. The molecule has 1 unspecified atom stereocenters. The third-order valence-corrected chi connectivity index (χ3v) is 3.99. The molecule has 1 amide bonds. The van der Waals surface area contributed by atoms with E-state index in [0.717, 1.165) is 25.9 Å². The molecule has 0 aliphatic carbocycles. The maximum absolute atomic E-state index is 12.6. The number of carboxylic acids is 1. The maximum Gasteiger partial charge on any atom is 0.341 e. The van der Waals surface area contributed by atoms with Gasteiger partial charge in [0.2, 0.25) is 0 Å². The average Bonchev–Trinajstić information content (AvgIpc) is 3.02. The first-order valence-corrected chi connectivity index (χ1v) is 7.95. The number of amides is 1. The molecular formula is C17H23NO5. The standard InChI is InChI=1S/C17H23NO5/c1-3-12-7-8-18(10-12)17(21)13-5-6-14(23-11-16(19)20)15(9-13)22-4-2/h5-6,9,12H,3-4,7-8,10-11H2,1-2H3,(H,19,20). The van der Waals surface area contributed by atoms with Crippen LogP contribution in [0.5, 0.6) is 11.5 Å². The Balaban J connectivity index is 2.14. The molecule has 1 heterocycles. The van der Waals surface area contributed by atoms with E-state index >= 15 is 0 Å². The summed E-state index contributed by atoms with van der Waals surface area (Å²) in [4.78, 5) is 25.1. The van der Waals surface area contributed by atoms with Crippen LogP contribution in [0.4, 0.5) is 0 Å². The molecule has 1 N–H and O–H groups in total. The lowest BCUT2D eigenvalue weighted by Gasteiger charge is -2.18. The number of hydrogen-bond acceptors (Lipinski definition) is 4. The highest BCUT2D eigenvalue weighted by molar-refractivity contribution is 5.95. The minimum Gasteiger partial charge on any atom is -0.490 e. The summed E-state index contributed by atoms with van der Waals surface area (Å²) in [5, 5.41) is 8.70. The summed E-state index contributed by atoms with van der Waals surface area (Å²) in [7, 11) is 0. The Kier molecular flexibility index (Phi) is 5.84. The Morgan fingerprint density at radius 2 is 2.04 bits per heavy atom. The van der Waals surface area contributed by atoms with E-state index in [1.807, 2.05) is 11.8 Å². The number of rotatable bonds is 7. The van der Waals surface area contributed by atoms with Crippen LogP contribution in [-0.4, -0.2) is 48.2 Å². The molecule has 6 nitrogen and oxygen atoms in total. The van der Waals surface area contributed by atoms with E-state index in [1.54, 1.807) is 18.2 Å². The Morgan fingerprint density at radius 3 is 2.65 bits per heavy atom. The highest BCUT2D eigenvalue weighted by atomic mass is 16.5. The summed E-state index contributed by atoms with van der Waals surface area (Å²) in [6.07, 6.45) is 2.12. The number of nitrogens with zero attached hydrogens (tertiary/aromatic N) is 1. The van der Waals surface area contributed by atoms with Crippen molar-refractivity contribution in [3.63, 3.8) is 0 Å². The molecule has 1 aliphatic rings. The van der Waals surface area contributed by atoms with Gasteiger partial charge in [0, 0.05) is 18.7 Å². The molecule has 2 rings (SSSR count). The Hall–Kier alpha value is -2.24. The molecular weight excluding hydrogens is 298 g/mol. The van der Waals surface area contributed by atoms with E-state index in [1.165, 1.54) is 0 Å². The third-order valence-electron chi connectivity index (χ3n) is 3.99. The second-order valence-electron chi connectivity index (χ2n) is 5.59. The van der Waals surface area contributed by atoms with Crippen molar-refractivity contribution in [2.24, 2.45) is 5.92 Å². The number of carbonyl (C=O) groups is 2. The van der Waals surface area contributed by atoms with Crippen LogP contribution >= 0.6 is 0 Å². The minimum absolute atomic E-state index is 0.0216. The monoisotopic (exact) mass is 321 g/mol. The van der Waals surface area contributed by atoms with Crippen LogP contribution in [0.1, 0.15) is 37.0 Å². The van der Waals surface area contributed by atoms with Crippen molar-refractivity contribution in [3.8, 4) is 11.5 Å². The number of benzene rings is 1. The first-order chi connectivity index (χ1) is 11.0. The van der Waals surface area contributed by atoms with Crippen LogP contribution < -0.4 is 9.47 Å². The normalized spacial score (nSPS) is 17.1. The summed E-state index contributed by atoms with van der Waals surface area (Å²) < 4.78 is 10.7. The lowest BCUT2D eigenvalue weighted by atomic mass is 10.1. The average molecular weight is 321 g/mol. The number of ether oxygens (including phenoxy) is 2. The van der Waals surface area contributed by atoms with Crippen molar-refractivity contribution in [3.05, 3.63) is 23.8 Å². The van der Waals surface area contributed by atoms with Gasteiger partial charge in [-0.15, -0.1) is 0 Å². The molecule has 0 aromatic heterocycles. The molecule has 1 aliphatic heterocycles. The molecule has 1 fully saturated rings. The van der Waals surface area contributed by atoms with Crippen molar-refractivity contribution >= 4 is 11.9 Å². The molecule has 0 spiro atoms. The van der Waals surface area contributed by atoms with E-state index in [9.17, 15) is 9.59 Å². The van der Waals surface area contributed by atoms with Crippen molar-refractivity contribution in [2.75, 3.05) is 26.3 Å². The fourth-order valence-corrected chi connectivity index (χ4v) is 2.70. The summed E-state index contributed by atoms with van der Waals surface area (Å²) in [5.74, 6) is 0.218. The van der Waals surface area contributed by atoms with E-state index in [4.69, 9.17) is 14.6 Å². The van der Waals surface area contributed by atoms with Gasteiger partial charge in [0.25, 0.3) is 5.91 Å². The lowest BCUT2D eigenvalue weighted by Crippen LogP contribution is -2.28. The maximum atomic E-state index is 12.6. The van der Waals surface area contributed by atoms with Crippen LogP contribution in [-0.2, 0) is 4.79 Å². The summed E-state index contributed by atoms with van der Waals surface area (Å²) in [6, 6.07) is 4.87. The first kappa shape index (κ1) is 17.1. The molecule has 0 bridgehead atoms. The molecule has 0 radical (unpaired) electrons. The summed E-state index contributed by atoms with van der Waals surface area (Å²) >= 11 is 0. The number of likely N-dealkylation sites (tertiary alicyclic amines) is 1. The van der Waals surface area contributed by atoms with Crippen LogP contribution in [0, 0.1) is 5.92 Å². The Bertz CT molecular complexity index is 572. The van der Waals surface area contributed by atoms with E-state index in [2.05, 4.69) is 6.92 Å². The summed E-state index contributed by atoms with van der Waals surface area (Å²) in [5.41, 5.74) is 0.535. The van der Waals surface area contributed by atoms with Gasteiger partial charge in [-0.25, -0.2) is 4.79 Å². The molecule has 23 heavy (non-hydrogen) atoms. The highest BCUT2D eigenvalue weighted by Crippen LogP contribution is 2.30. The first-order valence-electron chi connectivity index (χ1n) is 7.95. The largest absolute Gasteiger partial charge is 0.490 e. The fourth-order valence-electron chi connectivity index (χ4n) is 2.70. The van der Waals surface area contributed by atoms with Gasteiger partial charge < -0.3 is 19.5 Å². The van der Waals surface area contributed by atoms with Gasteiger partial charge in [-0.1, -0.05) is 13.3 Å². The van der Waals surface area contributed by atoms with Gasteiger partial charge in [0.15, 0.2) is 18.1 Å². The molecule has 126 valence electrons. The molecule has 1 atom stereocenters. The molecule has 1 saturated heterocycles. The van der Waals surface area contributed by atoms with Gasteiger partial charge in [0.05, 0.1) is 6.61 Å². The highest BCUT2D eigenvalue weighted by Gasteiger charge is 2.26. The predicted octanol–water partition coefficient (Wildman–Crippen LogP) is 2.42. The van der Waals surface area contributed by atoms with Crippen LogP contribution in [0.25, 0.3) is 0 Å². The molecule has 0 saturated carbocycles. The van der Waals surface area contributed by atoms with E-state index < -0.39 is 12.6 Å². The van der Waals surface area contributed by atoms with Crippen molar-refractivity contribution in [1.29, 1.82) is 0 Å². The smallest absolute Gasteiger partial charge is 0.341 e. The van der Waals surface area contributed by atoms with Gasteiger partial charge in [0.1, 0.15) is 0 Å². The van der Waals surface area contributed by atoms with Crippen LogP contribution in [0.2, 0.25) is 0 Å².